The highest BCUT2D eigenvalue weighted by Crippen LogP contribution is 2.48. The number of rotatable bonds is 4. The lowest BCUT2D eigenvalue weighted by atomic mass is 9.89. The molecule has 132 valence electrons. The molecule has 2 aromatic carbocycles. The molecule has 2 aliphatic heterocycles. The number of ether oxygens (including phenoxy) is 1. The van der Waals surface area contributed by atoms with E-state index >= 15 is 0 Å². The molecule has 25 heavy (non-hydrogen) atoms. The van der Waals surface area contributed by atoms with Crippen LogP contribution < -0.4 is 10.1 Å². The largest absolute Gasteiger partial charge is 0.488 e. The van der Waals surface area contributed by atoms with Crippen LogP contribution in [-0.2, 0) is 0 Å². The minimum Gasteiger partial charge on any atom is -0.488 e. The number of nitrogens with one attached hydrogen (secondary N) is 1. The van der Waals surface area contributed by atoms with E-state index in [1.165, 1.54) is 10.5 Å². The van der Waals surface area contributed by atoms with Crippen LogP contribution in [0.4, 0.5) is 0 Å². The first-order valence-electron chi connectivity index (χ1n) is 8.81. The summed E-state index contributed by atoms with van der Waals surface area (Å²) in [5.74, 6) is 2.60. The summed E-state index contributed by atoms with van der Waals surface area (Å²) >= 11 is 14.4. The zero-order chi connectivity index (χ0) is 17.4. The molecule has 0 radical (unpaired) electrons. The Morgan fingerprint density at radius 2 is 2.12 bits per heavy atom. The van der Waals surface area contributed by atoms with Gasteiger partial charge in [0.1, 0.15) is 11.9 Å². The van der Waals surface area contributed by atoms with Crippen molar-refractivity contribution < 1.29 is 4.74 Å². The van der Waals surface area contributed by atoms with E-state index in [0.29, 0.717) is 22.1 Å². The van der Waals surface area contributed by atoms with Crippen molar-refractivity contribution in [2.24, 2.45) is 0 Å². The van der Waals surface area contributed by atoms with Crippen LogP contribution in [0.5, 0.6) is 5.75 Å². The Kier molecular flexibility index (Phi) is 5.19. The van der Waals surface area contributed by atoms with Gasteiger partial charge in [-0.15, -0.1) is 11.8 Å². The summed E-state index contributed by atoms with van der Waals surface area (Å²) in [5, 5.41) is 4.86. The quantitative estimate of drug-likeness (QED) is 0.643. The van der Waals surface area contributed by atoms with Gasteiger partial charge in [0, 0.05) is 33.6 Å². The fourth-order valence-corrected chi connectivity index (χ4v) is 5.11. The molecule has 2 aliphatic rings. The van der Waals surface area contributed by atoms with Crippen LogP contribution in [0.25, 0.3) is 11.1 Å². The third kappa shape index (κ3) is 3.40. The van der Waals surface area contributed by atoms with Crippen molar-refractivity contribution in [3.8, 4) is 16.9 Å². The van der Waals surface area contributed by atoms with E-state index in [-0.39, 0.29) is 0 Å². The summed E-state index contributed by atoms with van der Waals surface area (Å²) in [6.45, 7) is 4.22. The van der Waals surface area contributed by atoms with Crippen LogP contribution in [-0.4, -0.2) is 24.9 Å². The second kappa shape index (κ2) is 7.40. The van der Waals surface area contributed by atoms with Crippen molar-refractivity contribution in [3.63, 3.8) is 0 Å². The molecular weight excluding hydrogens is 373 g/mol. The summed E-state index contributed by atoms with van der Waals surface area (Å²) in [5.41, 5.74) is 3.49. The molecule has 2 heterocycles. The van der Waals surface area contributed by atoms with Gasteiger partial charge in [0.2, 0.25) is 0 Å². The number of hydrogen-bond donors (Lipinski definition) is 1. The lowest BCUT2D eigenvalue weighted by molar-refractivity contribution is 0.169. The Labute approximate surface area is 163 Å². The van der Waals surface area contributed by atoms with Gasteiger partial charge in [-0.3, -0.25) is 0 Å². The number of fused-ring (bicyclic) bond motifs is 3. The van der Waals surface area contributed by atoms with Crippen molar-refractivity contribution >= 4 is 35.0 Å². The molecule has 0 aromatic heterocycles. The van der Waals surface area contributed by atoms with Crippen molar-refractivity contribution in [2.75, 3.05) is 18.8 Å². The standard InChI is InChI=1S/C20H21Cl2NOS/c1-2-7-25-19-9-12(14-4-3-13(21)10-17(14)22)8-15-16-11-23-6-5-18(16)24-20(15)19/h3-4,8-10,16,18,23H,2,5-7,11H2,1H3/t16-,18-/m0/s1. The van der Waals surface area contributed by atoms with Gasteiger partial charge in [0.15, 0.2) is 0 Å². The van der Waals surface area contributed by atoms with E-state index in [1.54, 1.807) is 0 Å². The summed E-state index contributed by atoms with van der Waals surface area (Å²) in [6.07, 6.45) is 2.50. The Balaban J connectivity index is 1.81. The van der Waals surface area contributed by atoms with E-state index in [2.05, 4.69) is 24.4 Å². The molecule has 4 rings (SSSR count). The van der Waals surface area contributed by atoms with E-state index in [0.717, 1.165) is 48.6 Å². The summed E-state index contributed by atoms with van der Waals surface area (Å²) < 4.78 is 6.36. The Hall–Kier alpha value is -0.870. The zero-order valence-corrected chi connectivity index (χ0v) is 16.5. The normalized spacial score (nSPS) is 21.6. The maximum atomic E-state index is 6.47. The molecule has 0 unspecified atom stereocenters. The molecule has 0 amide bonds. The monoisotopic (exact) mass is 393 g/mol. The minimum absolute atomic E-state index is 0.299. The van der Waals surface area contributed by atoms with E-state index in [4.69, 9.17) is 27.9 Å². The molecule has 2 aromatic rings. The van der Waals surface area contributed by atoms with Crippen LogP contribution in [0.2, 0.25) is 10.0 Å². The summed E-state index contributed by atoms with van der Waals surface area (Å²) in [7, 11) is 0. The molecule has 2 atom stereocenters. The average Bonchev–Trinajstić information content (AvgIpc) is 2.98. The van der Waals surface area contributed by atoms with Crippen LogP contribution in [0.1, 0.15) is 31.2 Å². The van der Waals surface area contributed by atoms with Crippen LogP contribution in [0.3, 0.4) is 0 Å². The average molecular weight is 394 g/mol. The molecule has 0 spiro atoms. The van der Waals surface area contributed by atoms with Gasteiger partial charge < -0.3 is 10.1 Å². The van der Waals surface area contributed by atoms with Crippen LogP contribution >= 0.6 is 35.0 Å². The smallest absolute Gasteiger partial charge is 0.137 e. The fourth-order valence-electron chi connectivity index (χ4n) is 3.66. The minimum atomic E-state index is 0.299. The highest BCUT2D eigenvalue weighted by atomic mass is 35.5. The number of benzene rings is 2. The number of hydrogen-bond acceptors (Lipinski definition) is 3. The van der Waals surface area contributed by atoms with Crippen LogP contribution in [0.15, 0.2) is 35.2 Å². The van der Waals surface area contributed by atoms with Gasteiger partial charge in [-0.1, -0.05) is 36.2 Å². The van der Waals surface area contributed by atoms with E-state index in [9.17, 15) is 0 Å². The molecule has 5 heteroatoms. The lowest BCUT2D eigenvalue weighted by Gasteiger charge is -2.24. The molecular formula is C20H21Cl2NOS. The molecule has 0 saturated carbocycles. The molecule has 1 fully saturated rings. The molecule has 0 aliphatic carbocycles. The third-order valence-corrected chi connectivity index (χ3v) is 6.65. The predicted octanol–water partition coefficient (Wildman–Crippen LogP) is 6.00. The number of halogens is 2. The van der Waals surface area contributed by atoms with Gasteiger partial charge in [0.25, 0.3) is 0 Å². The van der Waals surface area contributed by atoms with Gasteiger partial charge >= 0.3 is 0 Å². The topological polar surface area (TPSA) is 21.3 Å². The molecule has 1 N–H and O–H groups in total. The maximum Gasteiger partial charge on any atom is 0.137 e. The van der Waals surface area contributed by atoms with E-state index < -0.39 is 0 Å². The highest BCUT2D eigenvalue weighted by molar-refractivity contribution is 7.99. The van der Waals surface area contributed by atoms with Crippen LogP contribution in [0, 0.1) is 0 Å². The highest BCUT2D eigenvalue weighted by Gasteiger charge is 2.38. The lowest BCUT2D eigenvalue weighted by Crippen LogP contribution is -2.37. The van der Waals surface area contributed by atoms with Gasteiger partial charge in [-0.05, 0) is 55.0 Å². The Morgan fingerprint density at radius 3 is 2.92 bits per heavy atom. The fraction of sp³-hybridized carbons (Fsp3) is 0.400. The second-order valence-electron chi connectivity index (χ2n) is 6.62. The summed E-state index contributed by atoms with van der Waals surface area (Å²) in [4.78, 5) is 1.23. The van der Waals surface area contributed by atoms with Crippen molar-refractivity contribution in [1.82, 2.24) is 5.32 Å². The predicted molar refractivity (Wildman–Crippen MR) is 108 cm³/mol. The van der Waals surface area contributed by atoms with Crippen molar-refractivity contribution in [3.05, 3.63) is 45.9 Å². The SMILES string of the molecule is CCCSc1cc(-c2ccc(Cl)cc2Cl)cc2c1O[C@H]1CCNC[C@@H]21. The van der Waals surface area contributed by atoms with Gasteiger partial charge in [-0.25, -0.2) is 0 Å². The van der Waals surface area contributed by atoms with Crippen molar-refractivity contribution in [2.45, 2.75) is 36.7 Å². The Morgan fingerprint density at radius 1 is 1.24 bits per heavy atom. The van der Waals surface area contributed by atoms with E-state index in [1.807, 2.05) is 30.0 Å². The maximum absolute atomic E-state index is 6.47. The number of piperidine rings is 1. The number of thioether (sulfide) groups is 1. The van der Waals surface area contributed by atoms with Gasteiger partial charge in [0.05, 0.1) is 4.90 Å². The molecule has 1 saturated heterocycles. The first-order valence-corrected chi connectivity index (χ1v) is 10.5. The summed E-state index contributed by atoms with van der Waals surface area (Å²) in [6, 6.07) is 10.2. The first-order chi connectivity index (χ1) is 12.2. The zero-order valence-electron chi connectivity index (χ0n) is 14.1. The van der Waals surface area contributed by atoms with Crippen molar-refractivity contribution in [1.29, 1.82) is 0 Å². The molecule has 2 nitrogen and oxygen atoms in total. The first kappa shape index (κ1) is 17.5. The molecule has 0 bridgehead atoms. The second-order valence-corrected chi connectivity index (χ2v) is 8.60. The van der Waals surface area contributed by atoms with Gasteiger partial charge in [-0.2, -0.15) is 0 Å². The Bertz CT molecular complexity index is 796. The third-order valence-electron chi connectivity index (χ3n) is 4.87.